The molecular formula is C27H42N2O3. The second-order valence-electron chi connectivity index (χ2n) is 9.42. The molecule has 2 N–H and O–H groups in total. The Balaban J connectivity index is 1.54. The summed E-state index contributed by atoms with van der Waals surface area (Å²) in [6.45, 7) is 5.26. The summed E-state index contributed by atoms with van der Waals surface area (Å²) >= 11 is 0. The molecule has 0 aliphatic carbocycles. The van der Waals surface area contributed by atoms with Crippen LogP contribution in [0.3, 0.4) is 0 Å². The minimum Gasteiger partial charge on any atom is -0.497 e. The highest BCUT2D eigenvalue weighted by Crippen LogP contribution is 2.32. The van der Waals surface area contributed by atoms with Crippen molar-refractivity contribution in [2.24, 2.45) is 11.8 Å². The highest BCUT2D eigenvalue weighted by atomic mass is 16.5. The normalized spacial score (nSPS) is 20.5. The fourth-order valence-corrected chi connectivity index (χ4v) is 5.25. The second-order valence-corrected chi connectivity index (χ2v) is 9.42. The van der Waals surface area contributed by atoms with Gasteiger partial charge in [0.25, 0.3) is 0 Å². The van der Waals surface area contributed by atoms with Crippen molar-refractivity contribution in [2.45, 2.75) is 70.8 Å². The summed E-state index contributed by atoms with van der Waals surface area (Å²) < 4.78 is 5.40. The SMILES string of the molecule is CCCCCCCN1CC[C@@H](CCCc2ccnc3ccc(OC)cc23)[C@@H]([C@@H](O)CO)C1. The zero-order valence-electron chi connectivity index (χ0n) is 20.0. The van der Waals surface area contributed by atoms with E-state index in [1.54, 1.807) is 7.11 Å². The molecule has 0 unspecified atom stereocenters. The summed E-state index contributed by atoms with van der Waals surface area (Å²) in [7, 11) is 1.70. The molecule has 0 bridgehead atoms. The number of aryl methyl sites for hydroxylation is 1. The largest absolute Gasteiger partial charge is 0.497 e. The minimum atomic E-state index is -0.617. The first-order valence-corrected chi connectivity index (χ1v) is 12.6. The number of nitrogens with zero attached hydrogens (tertiary/aromatic N) is 2. The van der Waals surface area contributed by atoms with Crippen LogP contribution >= 0.6 is 0 Å². The van der Waals surface area contributed by atoms with Crippen LogP contribution in [-0.2, 0) is 6.42 Å². The van der Waals surface area contributed by atoms with Gasteiger partial charge in [-0.05, 0) is 80.9 Å². The number of aliphatic hydroxyl groups excluding tert-OH is 2. The number of unbranched alkanes of at least 4 members (excludes halogenated alkanes) is 4. The zero-order chi connectivity index (χ0) is 22.8. The number of hydrogen-bond acceptors (Lipinski definition) is 5. The first-order valence-electron chi connectivity index (χ1n) is 12.6. The highest BCUT2D eigenvalue weighted by molar-refractivity contribution is 5.83. The summed E-state index contributed by atoms with van der Waals surface area (Å²) in [4.78, 5) is 7.00. The standard InChI is InChI=1S/C27H42N2O3/c1-3-4-5-6-7-16-29-17-14-22(25(19-29)27(31)20-30)10-8-9-21-13-15-28-26-12-11-23(32-2)18-24(21)26/h11-13,15,18,22,25,27,30-31H,3-10,14,16-17,19-20H2,1-2H3/t22-,25+,27+/m1/s1. The van der Waals surface area contributed by atoms with Gasteiger partial charge in [-0.25, -0.2) is 0 Å². The van der Waals surface area contributed by atoms with Gasteiger partial charge in [0.1, 0.15) is 5.75 Å². The Hall–Kier alpha value is -1.69. The van der Waals surface area contributed by atoms with Crippen LogP contribution in [0.25, 0.3) is 10.9 Å². The van der Waals surface area contributed by atoms with Gasteiger partial charge >= 0.3 is 0 Å². The fraction of sp³-hybridized carbons (Fsp3) is 0.667. The molecule has 5 nitrogen and oxygen atoms in total. The number of methoxy groups -OCH3 is 1. The van der Waals surface area contributed by atoms with Crippen molar-refractivity contribution >= 4 is 10.9 Å². The van der Waals surface area contributed by atoms with Gasteiger partial charge in [-0.2, -0.15) is 0 Å². The van der Waals surface area contributed by atoms with E-state index in [4.69, 9.17) is 4.74 Å². The van der Waals surface area contributed by atoms with Crippen LogP contribution in [0.5, 0.6) is 5.75 Å². The third-order valence-electron chi connectivity index (χ3n) is 7.21. The van der Waals surface area contributed by atoms with E-state index in [1.807, 2.05) is 18.3 Å². The van der Waals surface area contributed by atoms with Crippen molar-refractivity contribution in [2.75, 3.05) is 33.4 Å². The number of fused-ring (bicyclic) bond motifs is 1. The molecule has 2 aromatic rings. The van der Waals surface area contributed by atoms with Crippen LogP contribution in [-0.4, -0.2) is 59.6 Å². The molecule has 0 amide bonds. The third kappa shape index (κ3) is 6.90. The van der Waals surface area contributed by atoms with Crippen LogP contribution in [0.2, 0.25) is 0 Å². The molecule has 5 heteroatoms. The van der Waals surface area contributed by atoms with Crippen LogP contribution in [0.1, 0.15) is 63.9 Å². The number of benzene rings is 1. The predicted octanol–water partition coefficient (Wildman–Crippen LogP) is 4.83. The summed E-state index contributed by atoms with van der Waals surface area (Å²) in [6.07, 6.45) is 12.0. The topological polar surface area (TPSA) is 65.8 Å². The number of ether oxygens (including phenoxy) is 1. The lowest BCUT2D eigenvalue weighted by molar-refractivity contribution is -0.0191. The minimum absolute atomic E-state index is 0.139. The summed E-state index contributed by atoms with van der Waals surface area (Å²) in [5.74, 6) is 1.50. The zero-order valence-corrected chi connectivity index (χ0v) is 20.0. The van der Waals surface area contributed by atoms with Gasteiger partial charge < -0.3 is 19.8 Å². The van der Waals surface area contributed by atoms with Crippen molar-refractivity contribution in [1.29, 1.82) is 0 Å². The summed E-state index contributed by atoms with van der Waals surface area (Å²) in [5, 5.41) is 21.3. The van der Waals surface area contributed by atoms with E-state index < -0.39 is 6.10 Å². The smallest absolute Gasteiger partial charge is 0.119 e. The maximum Gasteiger partial charge on any atom is 0.119 e. The molecule has 2 heterocycles. The number of pyridine rings is 1. The number of likely N-dealkylation sites (tertiary alicyclic amines) is 1. The first kappa shape index (κ1) is 24.9. The number of aliphatic hydroxyl groups is 2. The fourth-order valence-electron chi connectivity index (χ4n) is 5.25. The van der Waals surface area contributed by atoms with E-state index in [1.165, 1.54) is 37.7 Å². The molecule has 1 aliphatic heterocycles. The molecule has 1 aliphatic rings. The Morgan fingerprint density at radius 3 is 2.78 bits per heavy atom. The lowest BCUT2D eigenvalue weighted by Crippen LogP contribution is -2.46. The van der Waals surface area contributed by atoms with Gasteiger partial charge in [-0.15, -0.1) is 0 Å². The van der Waals surface area contributed by atoms with Gasteiger partial charge in [0.15, 0.2) is 0 Å². The quantitative estimate of drug-likeness (QED) is 0.435. The van der Waals surface area contributed by atoms with E-state index >= 15 is 0 Å². The Morgan fingerprint density at radius 1 is 1.16 bits per heavy atom. The molecule has 3 rings (SSSR count). The predicted molar refractivity (Wildman–Crippen MR) is 131 cm³/mol. The van der Waals surface area contributed by atoms with Crippen molar-refractivity contribution in [3.63, 3.8) is 0 Å². The Kier molecular flexibility index (Phi) is 10.2. The van der Waals surface area contributed by atoms with E-state index in [2.05, 4.69) is 28.9 Å². The monoisotopic (exact) mass is 442 g/mol. The molecule has 3 atom stereocenters. The Bertz CT molecular complexity index is 813. The van der Waals surface area contributed by atoms with Crippen LogP contribution < -0.4 is 4.74 Å². The second kappa shape index (κ2) is 13.1. The van der Waals surface area contributed by atoms with Crippen molar-refractivity contribution in [1.82, 2.24) is 9.88 Å². The number of aromatic nitrogens is 1. The molecular weight excluding hydrogens is 400 g/mol. The lowest BCUT2D eigenvalue weighted by atomic mass is 9.78. The molecule has 0 saturated carbocycles. The van der Waals surface area contributed by atoms with Crippen LogP contribution in [0.4, 0.5) is 0 Å². The summed E-state index contributed by atoms with van der Waals surface area (Å²) in [6, 6.07) is 8.17. The van der Waals surface area contributed by atoms with E-state index in [-0.39, 0.29) is 12.5 Å². The molecule has 1 aromatic carbocycles. The number of rotatable bonds is 13. The molecule has 1 saturated heterocycles. The van der Waals surface area contributed by atoms with Crippen molar-refractivity contribution in [3.05, 3.63) is 36.0 Å². The molecule has 32 heavy (non-hydrogen) atoms. The highest BCUT2D eigenvalue weighted by Gasteiger charge is 2.33. The maximum absolute atomic E-state index is 10.5. The number of piperidine rings is 1. The Morgan fingerprint density at radius 2 is 2.00 bits per heavy atom. The average Bonchev–Trinajstić information content (AvgIpc) is 2.83. The van der Waals surface area contributed by atoms with E-state index in [0.717, 1.165) is 62.0 Å². The van der Waals surface area contributed by atoms with Gasteiger partial charge in [-0.1, -0.05) is 32.6 Å². The average molecular weight is 443 g/mol. The molecule has 1 aromatic heterocycles. The Labute approximate surface area is 193 Å². The summed E-state index contributed by atoms with van der Waals surface area (Å²) in [5.41, 5.74) is 2.31. The lowest BCUT2D eigenvalue weighted by Gasteiger charge is -2.40. The molecule has 1 fully saturated rings. The van der Waals surface area contributed by atoms with E-state index in [0.29, 0.717) is 5.92 Å². The number of hydrogen-bond donors (Lipinski definition) is 2. The van der Waals surface area contributed by atoms with Gasteiger partial charge in [0.05, 0.1) is 25.3 Å². The van der Waals surface area contributed by atoms with Crippen LogP contribution in [0.15, 0.2) is 30.5 Å². The molecule has 0 spiro atoms. The van der Waals surface area contributed by atoms with Gasteiger partial charge in [-0.3, -0.25) is 4.98 Å². The molecule has 178 valence electrons. The molecule has 0 radical (unpaired) electrons. The third-order valence-corrected chi connectivity index (χ3v) is 7.21. The van der Waals surface area contributed by atoms with Crippen LogP contribution in [0, 0.1) is 11.8 Å². The van der Waals surface area contributed by atoms with Crippen molar-refractivity contribution < 1.29 is 14.9 Å². The maximum atomic E-state index is 10.5. The van der Waals surface area contributed by atoms with Gasteiger partial charge in [0.2, 0.25) is 0 Å². The van der Waals surface area contributed by atoms with Gasteiger partial charge in [0, 0.05) is 24.0 Å². The van der Waals surface area contributed by atoms with Crippen molar-refractivity contribution in [3.8, 4) is 5.75 Å². The van der Waals surface area contributed by atoms with E-state index in [9.17, 15) is 10.2 Å². The first-order chi connectivity index (χ1) is 15.7.